The van der Waals surface area contributed by atoms with Crippen LogP contribution in [0, 0.1) is 12.8 Å². The first-order valence-corrected chi connectivity index (χ1v) is 15.0. The van der Waals surface area contributed by atoms with Crippen molar-refractivity contribution in [2.45, 2.75) is 44.4 Å². The summed E-state index contributed by atoms with van der Waals surface area (Å²) in [4.78, 5) is 13.2. The number of benzene rings is 2. The molecule has 0 saturated heterocycles. The number of aromatic nitrogens is 3. The van der Waals surface area contributed by atoms with E-state index in [1.807, 2.05) is 6.07 Å². The van der Waals surface area contributed by atoms with E-state index in [1.54, 1.807) is 18.9 Å². The topological polar surface area (TPSA) is 81.2 Å². The van der Waals surface area contributed by atoms with Crippen molar-refractivity contribution in [1.29, 1.82) is 0 Å². The van der Waals surface area contributed by atoms with E-state index < -0.39 is 0 Å². The maximum absolute atomic E-state index is 6.58. The molecule has 1 unspecified atom stereocenters. The molecule has 2 aromatic carbocycles. The van der Waals surface area contributed by atoms with Crippen LogP contribution in [0.3, 0.4) is 0 Å². The molecule has 1 aliphatic heterocycles. The van der Waals surface area contributed by atoms with Crippen molar-refractivity contribution in [1.82, 2.24) is 19.4 Å². The molecule has 2 aromatic heterocycles. The molecule has 0 radical (unpaired) electrons. The third-order valence-corrected chi connectivity index (χ3v) is 8.48. The number of hydrogen-bond donors (Lipinski definition) is 2. The first kappa shape index (κ1) is 28.1. The molecule has 0 spiro atoms. The van der Waals surface area contributed by atoms with Crippen LogP contribution >= 0.6 is 11.8 Å². The second kappa shape index (κ2) is 12.4. The second-order valence-electron chi connectivity index (χ2n) is 11.0. The Hall–Kier alpha value is -3.49. The largest absolute Gasteiger partial charge is 0.495 e. The van der Waals surface area contributed by atoms with Gasteiger partial charge < -0.3 is 20.7 Å². The van der Waals surface area contributed by atoms with Gasteiger partial charge in [-0.2, -0.15) is 4.98 Å². The van der Waals surface area contributed by atoms with E-state index in [1.165, 1.54) is 30.2 Å². The number of hydrogen-bond acceptors (Lipinski definition) is 7. The first-order chi connectivity index (χ1) is 19.3. The minimum Gasteiger partial charge on any atom is -0.495 e. The second-order valence-corrected chi connectivity index (χ2v) is 12.0. The summed E-state index contributed by atoms with van der Waals surface area (Å²) in [5.41, 5.74) is 12.5. The summed E-state index contributed by atoms with van der Waals surface area (Å²) in [7, 11) is 5.95. The summed E-state index contributed by atoms with van der Waals surface area (Å²) < 4.78 is 7.98. The summed E-state index contributed by atoms with van der Waals surface area (Å²) in [6.07, 6.45) is 10.9. The zero-order valence-electron chi connectivity index (χ0n) is 24.2. The predicted octanol–water partition coefficient (Wildman–Crippen LogP) is 7.09. The highest BCUT2D eigenvalue weighted by molar-refractivity contribution is 7.99. The smallest absolute Gasteiger partial charge is 0.229 e. The van der Waals surface area contributed by atoms with Crippen LogP contribution in [-0.4, -0.2) is 52.9 Å². The Bertz CT molecular complexity index is 1530. The van der Waals surface area contributed by atoms with Crippen LogP contribution in [-0.2, 0) is 6.42 Å². The Labute approximate surface area is 241 Å². The highest BCUT2D eigenvalue weighted by atomic mass is 32.2. The average molecular weight is 557 g/mol. The van der Waals surface area contributed by atoms with Crippen LogP contribution in [0.1, 0.15) is 43.0 Å². The van der Waals surface area contributed by atoms with Crippen LogP contribution in [0.25, 0.3) is 22.8 Å². The lowest BCUT2D eigenvalue weighted by Gasteiger charge is -2.19. The van der Waals surface area contributed by atoms with Crippen LogP contribution in [0.2, 0.25) is 0 Å². The Morgan fingerprint density at radius 1 is 1.18 bits per heavy atom. The van der Waals surface area contributed by atoms with Crippen molar-refractivity contribution >= 4 is 46.1 Å². The van der Waals surface area contributed by atoms with E-state index >= 15 is 0 Å². The molecule has 0 aliphatic carbocycles. The first-order valence-electron chi connectivity index (χ1n) is 14.0. The van der Waals surface area contributed by atoms with Gasteiger partial charge in [-0.15, -0.1) is 11.8 Å². The van der Waals surface area contributed by atoms with E-state index in [4.69, 9.17) is 20.4 Å². The number of unbranched alkanes of at least 4 members (excludes halogenated alkanes) is 1. The van der Waals surface area contributed by atoms with Crippen LogP contribution in [0.4, 0.5) is 17.3 Å². The van der Waals surface area contributed by atoms with Gasteiger partial charge in [-0.1, -0.05) is 44.0 Å². The normalized spacial score (nSPS) is 13.6. The molecule has 5 rings (SSSR count). The third kappa shape index (κ3) is 6.13. The lowest BCUT2D eigenvalue weighted by atomic mass is 9.94. The fourth-order valence-electron chi connectivity index (χ4n) is 5.34. The van der Waals surface area contributed by atoms with Crippen molar-refractivity contribution < 1.29 is 4.74 Å². The molecular formula is C32H40N6OS. The highest BCUT2D eigenvalue weighted by Crippen LogP contribution is 2.37. The minimum atomic E-state index is 0.510. The van der Waals surface area contributed by atoms with Gasteiger partial charge in [0.1, 0.15) is 5.75 Å². The van der Waals surface area contributed by atoms with Crippen LogP contribution in [0.5, 0.6) is 5.75 Å². The third-order valence-electron chi connectivity index (χ3n) is 7.44. The number of ether oxygens (including phenoxy) is 1. The maximum atomic E-state index is 6.58. The molecule has 210 valence electrons. The molecule has 1 aliphatic rings. The maximum Gasteiger partial charge on any atom is 0.229 e. The number of rotatable bonds is 11. The molecule has 4 aromatic rings. The lowest BCUT2D eigenvalue weighted by molar-refractivity contribution is 0.379. The van der Waals surface area contributed by atoms with Gasteiger partial charge in [0.2, 0.25) is 5.95 Å². The van der Waals surface area contributed by atoms with Gasteiger partial charge in [0.25, 0.3) is 0 Å². The van der Waals surface area contributed by atoms with E-state index in [2.05, 4.69) is 91.4 Å². The number of thioether (sulfide) groups is 1. The number of nitrogens with two attached hydrogens (primary N) is 1. The Morgan fingerprint density at radius 2 is 2.00 bits per heavy atom. The molecule has 1 atom stereocenters. The zero-order chi connectivity index (χ0) is 28.2. The monoisotopic (exact) mass is 556 g/mol. The van der Waals surface area contributed by atoms with E-state index in [9.17, 15) is 0 Å². The Kier molecular flexibility index (Phi) is 8.66. The number of para-hydroxylation sites is 1. The van der Waals surface area contributed by atoms with Crippen molar-refractivity contribution in [3.05, 3.63) is 65.5 Å². The molecule has 0 amide bonds. The van der Waals surface area contributed by atoms with Gasteiger partial charge in [-0.25, -0.2) is 4.98 Å². The van der Waals surface area contributed by atoms with Crippen molar-refractivity contribution in [2.24, 2.45) is 5.92 Å². The standard InChI is InChI=1S/C32H40N6OS/c1-21(11-8-9-15-37(3)4)17-23-18-29(39-5)27(19-25(23)33)35-32-34-26-13-10-16-40-30(26)31(36-32)38-20-22(2)24-12-6-7-14-28(24)38/h6-7,10,12-14,18-21H,8-9,11,15-17,33H2,1-5H3,(H,34,35,36). The zero-order valence-corrected chi connectivity index (χ0v) is 25.0. The Balaban J connectivity index is 1.43. The van der Waals surface area contributed by atoms with Gasteiger partial charge in [0.15, 0.2) is 5.82 Å². The molecular weight excluding hydrogens is 516 g/mol. The van der Waals surface area contributed by atoms with Crippen molar-refractivity contribution in [3.63, 3.8) is 0 Å². The van der Waals surface area contributed by atoms with Gasteiger partial charge >= 0.3 is 0 Å². The van der Waals surface area contributed by atoms with Crippen LogP contribution in [0.15, 0.2) is 53.6 Å². The number of nitrogen functional groups attached to an aromatic ring is 1. The SMILES string of the molecule is COc1cc(CC(C)CCCCN(C)C)c(N)cc1Nc1nc2c(c(-n3cc(C)c4ccccc43)n1)SCC=C2. The summed E-state index contributed by atoms with van der Waals surface area (Å²) >= 11 is 1.76. The average Bonchev–Trinajstić information content (AvgIpc) is 3.28. The summed E-state index contributed by atoms with van der Waals surface area (Å²) in [6, 6.07) is 12.4. The fourth-order valence-corrected chi connectivity index (χ4v) is 6.24. The molecule has 0 saturated carbocycles. The van der Waals surface area contributed by atoms with Crippen molar-refractivity contribution in [3.8, 4) is 11.6 Å². The number of anilines is 3. The van der Waals surface area contributed by atoms with Gasteiger partial charge in [-0.05, 0) is 81.7 Å². The number of nitrogens with zero attached hydrogens (tertiary/aromatic N) is 4. The molecule has 7 nitrogen and oxygen atoms in total. The van der Waals surface area contributed by atoms with E-state index in [0.717, 1.165) is 63.3 Å². The minimum absolute atomic E-state index is 0.510. The molecule has 3 heterocycles. The molecule has 0 bridgehead atoms. The van der Waals surface area contributed by atoms with E-state index in [-0.39, 0.29) is 0 Å². The molecule has 40 heavy (non-hydrogen) atoms. The van der Waals surface area contributed by atoms with E-state index in [0.29, 0.717) is 11.9 Å². The number of methoxy groups -OCH3 is 1. The predicted molar refractivity (Wildman–Crippen MR) is 169 cm³/mol. The quantitative estimate of drug-likeness (QED) is 0.151. The number of nitrogens with one attached hydrogen (secondary N) is 1. The summed E-state index contributed by atoms with van der Waals surface area (Å²) in [5.74, 6) is 3.56. The number of fused-ring (bicyclic) bond motifs is 2. The summed E-state index contributed by atoms with van der Waals surface area (Å²) in [5, 5.41) is 4.64. The Morgan fingerprint density at radius 3 is 2.80 bits per heavy atom. The van der Waals surface area contributed by atoms with Gasteiger partial charge in [0, 0.05) is 23.0 Å². The molecule has 8 heteroatoms. The molecule has 3 N–H and O–H groups in total. The highest BCUT2D eigenvalue weighted by Gasteiger charge is 2.20. The summed E-state index contributed by atoms with van der Waals surface area (Å²) in [6.45, 7) is 5.57. The van der Waals surface area contributed by atoms with Gasteiger partial charge in [-0.3, -0.25) is 4.57 Å². The van der Waals surface area contributed by atoms with Gasteiger partial charge in [0.05, 0.1) is 28.9 Å². The molecule has 0 fully saturated rings. The fraction of sp³-hybridized carbons (Fsp3) is 0.375. The van der Waals surface area contributed by atoms with Crippen molar-refractivity contribution in [2.75, 3.05) is 44.6 Å². The number of aryl methyl sites for hydroxylation is 1. The lowest BCUT2D eigenvalue weighted by Crippen LogP contribution is -2.13. The van der Waals surface area contributed by atoms with Crippen LogP contribution < -0.4 is 15.8 Å².